The zero-order chi connectivity index (χ0) is 12.8. The third-order valence-corrected chi connectivity index (χ3v) is 2.17. The van der Waals surface area contributed by atoms with E-state index in [-0.39, 0.29) is 6.61 Å². The molecule has 1 aromatic heterocycles. The largest absolute Gasteiger partial charge is 0.464 e. The van der Waals surface area contributed by atoms with Gasteiger partial charge in [0.1, 0.15) is 0 Å². The maximum Gasteiger partial charge on any atom is 0.332 e. The summed E-state index contributed by atoms with van der Waals surface area (Å²) in [6.07, 6.45) is 3.10. The number of ether oxygens (including phenoxy) is 1. The smallest absolute Gasteiger partial charge is 0.332 e. The molecule has 0 aliphatic heterocycles. The predicted octanol–water partition coefficient (Wildman–Crippen LogP) is -0.0652. The van der Waals surface area contributed by atoms with Crippen LogP contribution in [0.2, 0.25) is 0 Å². The van der Waals surface area contributed by atoms with Crippen LogP contribution in [0.25, 0.3) is 0 Å². The molecular weight excluding hydrogens is 222 g/mol. The van der Waals surface area contributed by atoms with Gasteiger partial charge < -0.3 is 15.4 Å². The molecule has 17 heavy (non-hydrogen) atoms. The van der Waals surface area contributed by atoms with Crippen molar-refractivity contribution < 1.29 is 14.3 Å². The van der Waals surface area contributed by atoms with Crippen LogP contribution in [0.1, 0.15) is 6.92 Å². The van der Waals surface area contributed by atoms with Gasteiger partial charge in [-0.2, -0.15) is 0 Å². The van der Waals surface area contributed by atoms with E-state index in [1.54, 1.807) is 25.3 Å². The molecule has 6 nitrogen and oxygen atoms in total. The third kappa shape index (κ3) is 3.25. The molecule has 0 saturated heterocycles. The van der Waals surface area contributed by atoms with Gasteiger partial charge in [-0.3, -0.25) is 9.78 Å². The number of aromatic nitrogens is 1. The van der Waals surface area contributed by atoms with Gasteiger partial charge in [-0.15, -0.1) is 0 Å². The minimum atomic E-state index is -1.31. The van der Waals surface area contributed by atoms with Crippen LogP contribution >= 0.6 is 0 Å². The summed E-state index contributed by atoms with van der Waals surface area (Å²) in [5.41, 5.74) is 6.07. The number of hydrogen-bond acceptors (Lipinski definition) is 5. The number of pyridine rings is 1. The Balaban J connectivity index is 2.73. The maximum atomic E-state index is 11.8. The molecule has 1 aromatic rings. The molecule has 0 aromatic carbocycles. The lowest BCUT2D eigenvalue weighted by atomic mass is 10.2. The Morgan fingerprint density at radius 1 is 1.59 bits per heavy atom. The molecule has 0 aliphatic rings. The first-order valence-corrected chi connectivity index (χ1v) is 5.17. The van der Waals surface area contributed by atoms with Crippen molar-refractivity contribution in [3.63, 3.8) is 0 Å². The molecule has 1 heterocycles. The van der Waals surface area contributed by atoms with Gasteiger partial charge in [0, 0.05) is 13.2 Å². The Hall–Kier alpha value is -1.95. The van der Waals surface area contributed by atoms with Crippen molar-refractivity contribution in [2.45, 2.75) is 13.0 Å². The van der Waals surface area contributed by atoms with Gasteiger partial charge in [-0.1, -0.05) is 0 Å². The number of anilines is 1. The van der Waals surface area contributed by atoms with Crippen molar-refractivity contribution in [1.29, 1.82) is 0 Å². The fourth-order valence-electron chi connectivity index (χ4n) is 1.22. The summed E-state index contributed by atoms with van der Waals surface area (Å²) in [4.78, 5) is 28.3. The van der Waals surface area contributed by atoms with E-state index < -0.39 is 17.9 Å². The van der Waals surface area contributed by atoms with Crippen molar-refractivity contribution in [3.05, 3.63) is 24.5 Å². The van der Waals surface area contributed by atoms with Crippen LogP contribution in [0.4, 0.5) is 5.69 Å². The molecular formula is C11H15N3O3. The van der Waals surface area contributed by atoms with Crippen LogP contribution in [0, 0.1) is 0 Å². The Labute approximate surface area is 99.4 Å². The zero-order valence-electron chi connectivity index (χ0n) is 9.79. The van der Waals surface area contributed by atoms with E-state index in [1.807, 2.05) is 0 Å². The monoisotopic (exact) mass is 237 g/mol. The second-order valence-corrected chi connectivity index (χ2v) is 3.34. The van der Waals surface area contributed by atoms with E-state index in [9.17, 15) is 9.59 Å². The van der Waals surface area contributed by atoms with Crippen LogP contribution in [-0.4, -0.2) is 36.6 Å². The Kier molecular flexibility index (Phi) is 4.59. The minimum Gasteiger partial charge on any atom is -0.464 e. The van der Waals surface area contributed by atoms with Gasteiger partial charge in [0.15, 0.2) is 6.04 Å². The molecule has 0 radical (unpaired) electrons. The standard InChI is InChI=1S/C11H15N3O3/c1-3-17-11(16)9(12)10(15)14(2)8-5-4-6-13-7-8/h4-7,9H,3,12H2,1-2H3. The summed E-state index contributed by atoms with van der Waals surface area (Å²) in [7, 11) is 1.53. The van der Waals surface area contributed by atoms with Crippen LogP contribution in [0.5, 0.6) is 0 Å². The van der Waals surface area contributed by atoms with E-state index in [2.05, 4.69) is 9.72 Å². The Morgan fingerprint density at radius 2 is 2.29 bits per heavy atom. The second-order valence-electron chi connectivity index (χ2n) is 3.34. The number of hydrogen-bond donors (Lipinski definition) is 1. The lowest BCUT2D eigenvalue weighted by Crippen LogP contribution is -2.47. The van der Waals surface area contributed by atoms with E-state index in [0.717, 1.165) is 0 Å². The molecule has 0 spiro atoms. The van der Waals surface area contributed by atoms with Crippen molar-refractivity contribution in [1.82, 2.24) is 4.98 Å². The van der Waals surface area contributed by atoms with E-state index in [0.29, 0.717) is 5.69 Å². The number of nitrogens with zero attached hydrogens (tertiary/aromatic N) is 2. The van der Waals surface area contributed by atoms with Gasteiger partial charge in [0.25, 0.3) is 5.91 Å². The van der Waals surface area contributed by atoms with Gasteiger partial charge >= 0.3 is 5.97 Å². The lowest BCUT2D eigenvalue weighted by molar-refractivity contribution is -0.147. The van der Waals surface area contributed by atoms with E-state index in [1.165, 1.54) is 18.1 Å². The molecule has 0 saturated carbocycles. The molecule has 0 bridgehead atoms. The van der Waals surface area contributed by atoms with Crippen LogP contribution in [0.3, 0.4) is 0 Å². The summed E-state index contributed by atoms with van der Waals surface area (Å²) < 4.78 is 4.68. The number of carbonyl (C=O) groups excluding carboxylic acids is 2. The molecule has 1 atom stereocenters. The minimum absolute atomic E-state index is 0.191. The van der Waals surface area contributed by atoms with Gasteiger partial charge in [0.05, 0.1) is 18.5 Å². The van der Waals surface area contributed by atoms with E-state index >= 15 is 0 Å². The topological polar surface area (TPSA) is 85.5 Å². The Morgan fingerprint density at radius 3 is 2.82 bits per heavy atom. The highest BCUT2D eigenvalue weighted by molar-refractivity contribution is 6.09. The fourth-order valence-corrected chi connectivity index (χ4v) is 1.22. The van der Waals surface area contributed by atoms with Gasteiger partial charge in [0.2, 0.25) is 0 Å². The summed E-state index contributed by atoms with van der Waals surface area (Å²) in [5.74, 6) is -1.26. The number of nitrogens with two attached hydrogens (primary N) is 1. The normalized spacial score (nSPS) is 11.7. The SMILES string of the molecule is CCOC(=O)C(N)C(=O)N(C)c1cccnc1. The average Bonchev–Trinajstić information content (AvgIpc) is 2.37. The molecule has 2 N–H and O–H groups in total. The summed E-state index contributed by atoms with van der Waals surface area (Å²) in [5, 5.41) is 0. The zero-order valence-corrected chi connectivity index (χ0v) is 9.79. The first-order chi connectivity index (χ1) is 8.07. The number of carbonyl (C=O) groups is 2. The first kappa shape index (κ1) is 13.1. The number of rotatable bonds is 4. The van der Waals surface area contributed by atoms with Gasteiger partial charge in [-0.25, -0.2) is 4.79 Å². The van der Waals surface area contributed by atoms with Crippen LogP contribution in [0.15, 0.2) is 24.5 Å². The first-order valence-electron chi connectivity index (χ1n) is 5.17. The molecule has 1 amide bonds. The second kappa shape index (κ2) is 5.95. The molecule has 1 unspecified atom stereocenters. The van der Waals surface area contributed by atoms with E-state index in [4.69, 9.17) is 5.73 Å². The highest BCUT2D eigenvalue weighted by atomic mass is 16.5. The number of amides is 1. The average molecular weight is 237 g/mol. The van der Waals surface area contributed by atoms with Crippen LogP contribution in [-0.2, 0) is 14.3 Å². The Bertz CT molecular complexity index is 394. The van der Waals surface area contributed by atoms with Crippen molar-refractivity contribution >= 4 is 17.6 Å². The molecule has 6 heteroatoms. The summed E-state index contributed by atoms with van der Waals surface area (Å²) in [6, 6.07) is 2.08. The third-order valence-electron chi connectivity index (χ3n) is 2.17. The summed E-state index contributed by atoms with van der Waals surface area (Å²) >= 11 is 0. The summed E-state index contributed by atoms with van der Waals surface area (Å²) in [6.45, 7) is 1.84. The van der Waals surface area contributed by atoms with Crippen molar-refractivity contribution in [2.24, 2.45) is 5.73 Å². The number of esters is 1. The lowest BCUT2D eigenvalue weighted by Gasteiger charge is -2.19. The van der Waals surface area contributed by atoms with Crippen molar-refractivity contribution in [3.8, 4) is 0 Å². The number of likely N-dealkylation sites (N-methyl/N-ethyl adjacent to an activating group) is 1. The fraction of sp³-hybridized carbons (Fsp3) is 0.364. The van der Waals surface area contributed by atoms with Crippen molar-refractivity contribution in [2.75, 3.05) is 18.6 Å². The molecule has 1 rings (SSSR count). The van der Waals surface area contributed by atoms with Crippen LogP contribution < -0.4 is 10.6 Å². The quantitative estimate of drug-likeness (QED) is 0.585. The predicted molar refractivity (Wildman–Crippen MR) is 62.3 cm³/mol. The van der Waals surface area contributed by atoms with Gasteiger partial charge in [-0.05, 0) is 19.1 Å². The maximum absolute atomic E-state index is 11.8. The molecule has 92 valence electrons. The molecule has 0 fully saturated rings. The molecule has 0 aliphatic carbocycles. The highest BCUT2D eigenvalue weighted by Crippen LogP contribution is 2.10. The highest BCUT2D eigenvalue weighted by Gasteiger charge is 2.27.